The number of halogens is 2. The van der Waals surface area contributed by atoms with Crippen LogP contribution in [0.4, 0.5) is 4.39 Å². The summed E-state index contributed by atoms with van der Waals surface area (Å²) in [5.74, 6) is -0.896. The highest BCUT2D eigenvalue weighted by Crippen LogP contribution is 2.32. The number of hydrogen-bond acceptors (Lipinski definition) is 7. The molecule has 5 rings (SSSR count). The molecule has 0 N–H and O–H groups in total. The minimum atomic E-state index is -0.688. The number of aryl methyl sites for hydroxylation is 1. The second-order valence-electron chi connectivity index (χ2n) is 11.3. The van der Waals surface area contributed by atoms with Crippen molar-refractivity contribution >= 4 is 29.1 Å². The zero-order valence-electron chi connectivity index (χ0n) is 22.6. The van der Waals surface area contributed by atoms with Crippen LogP contribution in [-0.4, -0.2) is 71.6 Å². The van der Waals surface area contributed by atoms with Gasteiger partial charge in [-0.1, -0.05) is 32.4 Å². The van der Waals surface area contributed by atoms with Crippen molar-refractivity contribution in [1.29, 1.82) is 0 Å². The molecule has 4 aromatic rings. The van der Waals surface area contributed by atoms with Crippen LogP contribution in [0.2, 0.25) is 5.02 Å². The van der Waals surface area contributed by atoms with Crippen molar-refractivity contribution in [2.24, 2.45) is 0 Å². The Hall–Kier alpha value is -3.86. The van der Waals surface area contributed by atoms with Gasteiger partial charge in [-0.05, 0) is 43.5 Å². The second-order valence-corrected chi connectivity index (χ2v) is 11.7. The lowest BCUT2D eigenvalue weighted by Crippen LogP contribution is -2.62. The molecule has 2 amide bonds. The molecule has 1 saturated heterocycles. The molecule has 0 atom stereocenters. The predicted octanol–water partition coefficient (Wildman–Crippen LogP) is 4.55. The van der Waals surface area contributed by atoms with Gasteiger partial charge in [0.15, 0.2) is 5.65 Å². The maximum Gasteiger partial charge on any atom is 0.311 e. The third-order valence-corrected chi connectivity index (χ3v) is 7.10. The number of nitrogens with zero attached hydrogens (tertiary/aromatic N) is 7. The Morgan fingerprint density at radius 1 is 1.10 bits per heavy atom. The van der Waals surface area contributed by atoms with Gasteiger partial charge in [-0.15, -0.1) is 10.2 Å². The molecule has 0 radical (unpaired) electrons. The van der Waals surface area contributed by atoms with Crippen LogP contribution in [0.25, 0.3) is 16.9 Å². The Morgan fingerprint density at radius 2 is 1.85 bits per heavy atom. The first-order valence-electron chi connectivity index (χ1n) is 12.5. The Kier molecular flexibility index (Phi) is 6.45. The van der Waals surface area contributed by atoms with Crippen molar-refractivity contribution in [2.45, 2.75) is 52.5 Å². The van der Waals surface area contributed by atoms with Crippen LogP contribution in [-0.2, 0) is 5.41 Å². The molecule has 1 aliphatic rings. The molecule has 3 aromatic heterocycles. The molecular weight excluding hydrogens is 525 g/mol. The van der Waals surface area contributed by atoms with Crippen molar-refractivity contribution in [1.82, 2.24) is 34.6 Å². The molecule has 39 heavy (non-hydrogen) atoms. The second kappa shape index (κ2) is 9.41. The van der Waals surface area contributed by atoms with E-state index in [0.29, 0.717) is 35.9 Å². The molecular formula is C27H29ClFN7O3. The molecule has 12 heteroatoms. The van der Waals surface area contributed by atoms with Gasteiger partial charge in [0.05, 0.1) is 22.5 Å². The summed E-state index contributed by atoms with van der Waals surface area (Å²) in [5.41, 5.74) is 1.88. The first-order valence-corrected chi connectivity index (χ1v) is 12.9. The van der Waals surface area contributed by atoms with Crippen molar-refractivity contribution in [3.05, 3.63) is 64.3 Å². The van der Waals surface area contributed by atoms with E-state index < -0.39 is 11.4 Å². The normalized spacial score (nSPS) is 15.7. The van der Waals surface area contributed by atoms with E-state index in [1.807, 2.05) is 40.7 Å². The number of carbonyl (C=O) groups excluding carboxylic acids is 2. The lowest BCUT2D eigenvalue weighted by molar-refractivity contribution is 0.0150. The minimum absolute atomic E-state index is 0.00212. The summed E-state index contributed by atoms with van der Waals surface area (Å²) in [5, 5.41) is 12.2. The van der Waals surface area contributed by atoms with Crippen molar-refractivity contribution in [2.75, 3.05) is 19.6 Å². The van der Waals surface area contributed by atoms with E-state index in [9.17, 15) is 14.0 Å². The summed E-state index contributed by atoms with van der Waals surface area (Å²) in [6.45, 7) is 12.5. The van der Waals surface area contributed by atoms with Crippen molar-refractivity contribution < 1.29 is 18.4 Å². The van der Waals surface area contributed by atoms with Gasteiger partial charge in [0.25, 0.3) is 5.91 Å². The summed E-state index contributed by atoms with van der Waals surface area (Å²) in [7, 11) is 0. The predicted molar refractivity (Wildman–Crippen MR) is 142 cm³/mol. The summed E-state index contributed by atoms with van der Waals surface area (Å²) in [6, 6.07) is 6.34. The van der Waals surface area contributed by atoms with Crippen LogP contribution in [0.5, 0.6) is 0 Å². The molecule has 0 bridgehead atoms. The van der Waals surface area contributed by atoms with E-state index in [0.717, 1.165) is 5.56 Å². The largest absolute Gasteiger partial charge is 0.417 e. The molecule has 1 aromatic carbocycles. The molecule has 4 heterocycles. The Bertz CT molecular complexity index is 1600. The van der Waals surface area contributed by atoms with Crippen molar-refractivity contribution in [3.8, 4) is 11.3 Å². The summed E-state index contributed by atoms with van der Waals surface area (Å²) in [4.78, 5) is 34.6. The van der Waals surface area contributed by atoms with Crippen LogP contribution < -0.4 is 0 Å². The number of aromatic nitrogens is 5. The smallest absolute Gasteiger partial charge is 0.311 e. The third kappa shape index (κ3) is 4.98. The maximum atomic E-state index is 13.8. The van der Waals surface area contributed by atoms with Crippen LogP contribution in [0.3, 0.4) is 0 Å². The zero-order chi connectivity index (χ0) is 28.3. The fourth-order valence-corrected chi connectivity index (χ4v) is 4.97. The number of fused-ring (bicyclic) bond motifs is 1. The summed E-state index contributed by atoms with van der Waals surface area (Å²) in [6.07, 6.45) is 1.61. The lowest BCUT2D eigenvalue weighted by atomic mass is 9.87. The fourth-order valence-electron chi connectivity index (χ4n) is 4.79. The van der Waals surface area contributed by atoms with Gasteiger partial charge in [0, 0.05) is 37.7 Å². The minimum Gasteiger partial charge on any atom is -0.417 e. The highest BCUT2D eigenvalue weighted by molar-refractivity contribution is 6.31. The van der Waals surface area contributed by atoms with E-state index in [-0.39, 0.29) is 40.4 Å². The number of imidazole rings is 1. The average molecular weight is 554 g/mol. The van der Waals surface area contributed by atoms with Crippen LogP contribution >= 0.6 is 11.6 Å². The molecule has 0 saturated carbocycles. The van der Waals surface area contributed by atoms with Gasteiger partial charge in [-0.3, -0.25) is 9.59 Å². The van der Waals surface area contributed by atoms with Gasteiger partial charge in [0.1, 0.15) is 11.5 Å². The lowest BCUT2D eigenvalue weighted by Gasteiger charge is -2.46. The Labute approximate surface area is 229 Å². The van der Waals surface area contributed by atoms with Crippen LogP contribution in [0.15, 0.2) is 34.9 Å². The Morgan fingerprint density at radius 3 is 2.46 bits per heavy atom. The topological polar surface area (TPSA) is 110 Å². The van der Waals surface area contributed by atoms with E-state index >= 15 is 0 Å². The number of hydrogen-bond donors (Lipinski definition) is 0. The van der Waals surface area contributed by atoms with Gasteiger partial charge in [-0.25, -0.2) is 13.9 Å². The van der Waals surface area contributed by atoms with Gasteiger partial charge < -0.3 is 14.2 Å². The van der Waals surface area contributed by atoms with Gasteiger partial charge >= 0.3 is 11.8 Å². The molecule has 0 aliphatic carbocycles. The zero-order valence-corrected chi connectivity index (χ0v) is 23.4. The first kappa shape index (κ1) is 26.7. The van der Waals surface area contributed by atoms with E-state index in [2.05, 4.69) is 15.3 Å². The molecule has 1 aliphatic heterocycles. The number of rotatable bonds is 3. The molecule has 204 valence electrons. The number of carbonyl (C=O) groups is 2. The SMILES string of the molecule is Cc1nnc(C(=O)N2CCN(C(=O)c3cn4nc(-c5ccc(F)c(Cl)c5)cc(C(C)(C)C)c4n3)C(C)(C)C2)o1. The Balaban J connectivity index is 1.47. The molecule has 0 unspecified atom stereocenters. The van der Waals surface area contributed by atoms with Crippen molar-refractivity contribution in [3.63, 3.8) is 0 Å². The monoisotopic (exact) mass is 553 g/mol. The summed E-state index contributed by atoms with van der Waals surface area (Å²) < 4.78 is 20.7. The van der Waals surface area contributed by atoms with Crippen LogP contribution in [0.1, 0.15) is 67.2 Å². The molecule has 10 nitrogen and oxygen atoms in total. The molecule has 0 spiro atoms. The summed E-state index contributed by atoms with van der Waals surface area (Å²) >= 11 is 6.03. The molecule has 1 fully saturated rings. The maximum absolute atomic E-state index is 13.8. The third-order valence-electron chi connectivity index (χ3n) is 6.81. The van der Waals surface area contributed by atoms with E-state index in [1.165, 1.54) is 12.1 Å². The van der Waals surface area contributed by atoms with E-state index in [1.54, 1.807) is 33.5 Å². The van der Waals surface area contributed by atoms with Gasteiger partial charge in [-0.2, -0.15) is 5.10 Å². The number of amides is 2. The first-order chi connectivity index (χ1) is 18.2. The number of piperazine rings is 1. The average Bonchev–Trinajstić information content (AvgIpc) is 3.49. The highest BCUT2D eigenvalue weighted by Gasteiger charge is 2.40. The van der Waals surface area contributed by atoms with E-state index in [4.69, 9.17) is 21.0 Å². The number of benzene rings is 1. The quantitative estimate of drug-likeness (QED) is 0.366. The van der Waals surface area contributed by atoms with Gasteiger partial charge in [0.2, 0.25) is 5.89 Å². The highest BCUT2D eigenvalue weighted by atomic mass is 35.5. The standard InChI is InChI=1S/C27H29ClFN7O3/c1-15-31-32-23(39-15)25(38)34-9-10-35(27(5,6)14-34)24(37)21-13-36-22(30-21)17(26(2,3)4)12-20(33-36)16-7-8-19(29)18(28)11-16/h7-8,11-13H,9-10,14H2,1-6H3. The fraction of sp³-hybridized carbons (Fsp3) is 0.407. The van der Waals surface area contributed by atoms with Crippen LogP contribution in [0, 0.1) is 12.7 Å².